The second-order valence-electron chi connectivity index (χ2n) is 5.23. The van der Waals surface area contributed by atoms with E-state index in [1.807, 2.05) is 0 Å². The van der Waals surface area contributed by atoms with Crippen LogP contribution in [0.4, 0.5) is 36.8 Å². The summed E-state index contributed by atoms with van der Waals surface area (Å²) in [5.41, 5.74) is -2.19. The van der Waals surface area contributed by atoms with Crippen molar-refractivity contribution in [1.82, 2.24) is 5.32 Å². The molecule has 2 aromatic rings. The molecule has 0 radical (unpaired) electrons. The van der Waals surface area contributed by atoms with E-state index in [0.717, 1.165) is 24.3 Å². The molecule has 0 spiro atoms. The molecule has 2 aromatic carbocycles. The molecular weight excluding hydrogens is 374 g/mol. The molecule has 0 atom stereocenters. The second-order valence-corrected chi connectivity index (χ2v) is 5.23. The monoisotopic (exact) mass is 386 g/mol. The third-order valence-corrected chi connectivity index (χ3v) is 3.24. The topological polar surface area (TPSA) is 41.1 Å². The van der Waals surface area contributed by atoms with E-state index < -0.39 is 35.2 Å². The number of urea groups is 1. The van der Waals surface area contributed by atoms with Crippen LogP contribution in [-0.2, 0) is 12.4 Å². The quantitative estimate of drug-likeness (QED) is 0.560. The van der Waals surface area contributed by atoms with Crippen LogP contribution in [0.5, 0.6) is 0 Å². The molecule has 0 unspecified atom stereocenters. The predicted octanol–water partition coefficient (Wildman–Crippen LogP) is 4.90. The van der Waals surface area contributed by atoms with Gasteiger partial charge in [0.05, 0.1) is 23.4 Å². The van der Waals surface area contributed by atoms with Crippen molar-refractivity contribution < 1.29 is 31.1 Å². The summed E-state index contributed by atoms with van der Waals surface area (Å²) < 4.78 is 76.3. The van der Waals surface area contributed by atoms with Gasteiger partial charge in [-0.2, -0.15) is 26.3 Å². The van der Waals surface area contributed by atoms with Crippen molar-refractivity contribution >= 4 is 11.7 Å². The van der Waals surface area contributed by atoms with Gasteiger partial charge in [0.2, 0.25) is 0 Å². The number of alkyl halides is 6. The van der Waals surface area contributed by atoms with Gasteiger partial charge in [-0.15, -0.1) is 0 Å². The van der Waals surface area contributed by atoms with Crippen LogP contribution in [0.3, 0.4) is 0 Å². The van der Waals surface area contributed by atoms with E-state index in [1.165, 1.54) is 24.3 Å². The van der Waals surface area contributed by atoms with Crippen molar-refractivity contribution in [3.05, 3.63) is 65.2 Å². The number of hydrogen-bond donors (Lipinski definition) is 2. The maximum Gasteiger partial charge on any atom is 0.418 e. The molecule has 0 bridgehead atoms. The number of amides is 2. The fourth-order valence-electron chi connectivity index (χ4n) is 2.05. The molecule has 2 amide bonds. The number of benzene rings is 2. The fraction of sp³-hybridized carbons (Fsp3) is 0.167. The Morgan fingerprint density at radius 2 is 1.63 bits per heavy atom. The summed E-state index contributed by atoms with van der Waals surface area (Å²) in [6.45, 7) is -0.268. The smallest absolute Gasteiger partial charge is 0.327 e. The van der Waals surface area contributed by atoms with Crippen LogP contribution in [0.25, 0.3) is 0 Å². The average Bonchev–Trinajstić information content (AvgIpc) is 2.58. The van der Waals surface area contributed by atoms with Crippen LogP contribution in [0.2, 0.25) is 0 Å². The zero-order chi connectivity index (χ0) is 20.1. The Morgan fingerprint density at radius 1 is 0.926 bits per heavy atom. The lowest BCUT2D eigenvalue weighted by Gasteiger charge is -2.13. The van der Waals surface area contributed by atoms with E-state index in [1.54, 1.807) is 0 Å². The fourth-order valence-corrected chi connectivity index (χ4v) is 2.05. The molecule has 0 aliphatic carbocycles. The average molecular weight is 386 g/mol. The van der Waals surface area contributed by atoms with Gasteiger partial charge < -0.3 is 10.6 Å². The summed E-state index contributed by atoms with van der Waals surface area (Å²) in [6.07, 6.45) is -9.13. The summed E-state index contributed by atoms with van der Waals surface area (Å²) in [6, 6.07) is 7.82. The number of carbonyl (C=O) groups excluding carboxylic acids is 1. The van der Waals surface area contributed by atoms with Gasteiger partial charge in [0.1, 0.15) is 0 Å². The predicted molar refractivity (Wildman–Crippen MR) is 86.8 cm³/mol. The van der Waals surface area contributed by atoms with Crippen LogP contribution >= 0.6 is 0 Å². The standard InChI is InChI=1S/C18H12F6N2O/c19-17(20,21)13-7-3-5-12(11-13)6-4-10-25-16(27)26-15-9-2-1-8-14(15)18(22,23)24/h1-3,5,7-9,11H,10H2,(H2,25,26,27). The van der Waals surface area contributed by atoms with Crippen LogP contribution in [0.15, 0.2) is 48.5 Å². The molecule has 0 saturated carbocycles. The Hall–Kier alpha value is -3.15. The van der Waals surface area contributed by atoms with Gasteiger partial charge in [0.25, 0.3) is 0 Å². The van der Waals surface area contributed by atoms with E-state index in [9.17, 15) is 31.1 Å². The third-order valence-electron chi connectivity index (χ3n) is 3.24. The molecule has 0 aliphatic rings. The highest BCUT2D eigenvalue weighted by molar-refractivity contribution is 5.90. The van der Waals surface area contributed by atoms with E-state index in [0.29, 0.717) is 0 Å². The Morgan fingerprint density at radius 3 is 2.30 bits per heavy atom. The number of rotatable bonds is 2. The minimum atomic E-state index is -4.63. The van der Waals surface area contributed by atoms with E-state index in [-0.39, 0.29) is 12.1 Å². The summed E-state index contributed by atoms with van der Waals surface area (Å²) >= 11 is 0. The molecule has 2 N–H and O–H groups in total. The van der Waals surface area contributed by atoms with Crippen molar-refractivity contribution in [1.29, 1.82) is 0 Å². The Balaban J connectivity index is 1.96. The molecule has 0 heterocycles. The summed E-state index contributed by atoms with van der Waals surface area (Å²) in [4.78, 5) is 11.7. The Kier molecular flexibility index (Phi) is 6.00. The number of carbonyl (C=O) groups is 1. The van der Waals surface area contributed by atoms with Crippen molar-refractivity contribution in [2.75, 3.05) is 11.9 Å². The third kappa shape index (κ3) is 5.95. The lowest BCUT2D eigenvalue weighted by molar-refractivity contribution is -0.138. The van der Waals surface area contributed by atoms with Gasteiger partial charge >= 0.3 is 18.4 Å². The highest BCUT2D eigenvalue weighted by Gasteiger charge is 2.33. The number of hydrogen-bond acceptors (Lipinski definition) is 1. The lowest BCUT2D eigenvalue weighted by Crippen LogP contribution is -2.29. The molecule has 27 heavy (non-hydrogen) atoms. The lowest BCUT2D eigenvalue weighted by atomic mass is 10.1. The van der Waals surface area contributed by atoms with Crippen molar-refractivity contribution in [3.63, 3.8) is 0 Å². The van der Waals surface area contributed by atoms with Crippen molar-refractivity contribution in [2.24, 2.45) is 0 Å². The second kappa shape index (κ2) is 8.03. The van der Waals surface area contributed by atoms with Crippen LogP contribution in [-0.4, -0.2) is 12.6 Å². The molecule has 2 rings (SSSR count). The maximum absolute atomic E-state index is 12.8. The summed E-state index contributed by atoms with van der Waals surface area (Å²) in [5, 5.41) is 4.27. The molecule has 142 valence electrons. The Labute approximate surface area is 150 Å². The molecule has 0 aliphatic heterocycles. The first kappa shape index (κ1) is 20.2. The molecule has 0 fully saturated rings. The van der Waals surface area contributed by atoms with Gasteiger partial charge in [0.15, 0.2) is 0 Å². The number of halogens is 6. The van der Waals surface area contributed by atoms with Crippen LogP contribution < -0.4 is 10.6 Å². The molecule has 0 aromatic heterocycles. The van der Waals surface area contributed by atoms with Crippen molar-refractivity contribution in [3.8, 4) is 11.8 Å². The van der Waals surface area contributed by atoms with Gasteiger partial charge in [0, 0.05) is 5.56 Å². The van der Waals surface area contributed by atoms with Crippen LogP contribution in [0.1, 0.15) is 16.7 Å². The SMILES string of the molecule is O=C(NCC#Cc1cccc(C(F)(F)F)c1)Nc1ccccc1C(F)(F)F. The van der Waals surface area contributed by atoms with E-state index in [4.69, 9.17) is 0 Å². The molecule has 9 heteroatoms. The van der Waals surface area contributed by atoms with Crippen LogP contribution in [0, 0.1) is 11.8 Å². The zero-order valence-corrected chi connectivity index (χ0v) is 13.5. The number of anilines is 1. The van der Waals surface area contributed by atoms with E-state index in [2.05, 4.69) is 22.5 Å². The minimum Gasteiger partial charge on any atom is -0.327 e. The van der Waals surface area contributed by atoms with Gasteiger partial charge in [-0.05, 0) is 30.3 Å². The highest BCUT2D eigenvalue weighted by Crippen LogP contribution is 2.34. The van der Waals surface area contributed by atoms with E-state index >= 15 is 0 Å². The largest absolute Gasteiger partial charge is 0.418 e. The van der Waals surface area contributed by atoms with Gasteiger partial charge in [-0.25, -0.2) is 4.79 Å². The number of para-hydroxylation sites is 1. The maximum atomic E-state index is 12.8. The normalized spacial score (nSPS) is 11.3. The first-order valence-corrected chi connectivity index (χ1v) is 7.44. The van der Waals surface area contributed by atoms with Gasteiger partial charge in [-0.1, -0.05) is 30.0 Å². The highest BCUT2D eigenvalue weighted by atomic mass is 19.4. The minimum absolute atomic E-state index is 0.0921. The summed E-state index contributed by atoms with van der Waals surface area (Å²) in [7, 11) is 0. The molecular formula is C18H12F6N2O. The Bertz CT molecular complexity index is 878. The van der Waals surface area contributed by atoms with Crippen molar-refractivity contribution in [2.45, 2.75) is 12.4 Å². The molecule has 0 saturated heterocycles. The van der Waals surface area contributed by atoms with Gasteiger partial charge in [-0.3, -0.25) is 0 Å². The molecule has 3 nitrogen and oxygen atoms in total. The number of nitrogens with one attached hydrogen (secondary N) is 2. The first-order chi connectivity index (χ1) is 12.6. The summed E-state index contributed by atoms with van der Waals surface area (Å²) in [5.74, 6) is 4.87. The zero-order valence-electron chi connectivity index (χ0n) is 13.5. The first-order valence-electron chi connectivity index (χ1n) is 7.44.